The zero-order valence-electron chi connectivity index (χ0n) is 8.27. The van der Waals surface area contributed by atoms with E-state index in [4.69, 9.17) is 5.73 Å². The number of H-pyrrole nitrogens is 1. The van der Waals surface area contributed by atoms with Crippen LogP contribution in [-0.4, -0.2) is 16.1 Å². The Balaban J connectivity index is 0.00000112. The lowest BCUT2D eigenvalue weighted by atomic mass is 10.3. The van der Waals surface area contributed by atoms with Crippen LogP contribution in [0.2, 0.25) is 0 Å². The largest absolute Gasteiger partial charge is 0.330 e. The number of rotatable bonds is 3. The van der Waals surface area contributed by atoms with Crippen molar-refractivity contribution in [3.8, 4) is 0 Å². The summed E-state index contributed by atoms with van der Waals surface area (Å²) in [6, 6.07) is 7.67. The first kappa shape index (κ1) is 11.8. The fourth-order valence-electron chi connectivity index (χ4n) is 1.58. The number of aryl methyl sites for hydroxylation is 1. The Hall–Kier alpha value is -1.26. The molecular formula is C10H14ClN3O. The van der Waals surface area contributed by atoms with E-state index in [2.05, 4.69) is 4.98 Å². The molecule has 1 aromatic heterocycles. The monoisotopic (exact) mass is 227 g/mol. The first-order valence-electron chi connectivity index (χ1n) is 4.70. The summed E-state index contributed by atoms with van der Waals surface area (Å²) >= 11 is 0. The zero-order valence-corrected chi connectivity index (χ0v) is 9.09. The molecule has 0 amide bonds. The minimum Gasteiger partial charge on any atom is -0.330 e. The highest BCUT2D eigenvalue weighted by Gasteiger charge is 2.03. The van der Waals surface area contributed by atoms with Gasteiger partial charge in [0.1, 0.15) is 0 Å². The van der Waals surface area contributed by atoms with Crippen molar-refractivity contribution in [2.24, 2.45) is 5.73 Å². The number of hydrogen-bond acceptors (Lipinski definition) is 2. The van der Waals surface area contributed by atoms with Crippen LogP contribution >= 0.6 is 12.4 Å². The molecule has 0 aliphatic rings. The van der Waals surface area contributed by atoms with Gasteiger partial charge in [0.25, 0.3) is 0 Å². The number of halogens is 1. The fourth-order valence-corrected chi connectivity index (χ4v) is 1.58. The van der Waals surface area contributed by atoms with Gasteiger partial charge in [-0.1, -0.05) is 12.1 Å². The highest BCUT2D eigenvalue weighted by molar-refractivity contribution is 5.85. The van der Waals surface area contributed by atoms with Gasteiger partial charge in [-0.3, -0.25) is 4.57 Å². The Bertz CT molecular complexity index is 489. The van der Waals surface area contributed by atoms with Gasteiger partial charge in [-0.05, 0) is 25.1 Å². The normalized spacial score (nSPS) is 10.2. The van der Waals surface area contributed by atoms with Gasteiger partial charge in [0.15, 0.2) is 0 Å². The zero-order chi connectivity index (χ0) is 9.97. The second kappa shape index (κ2) is 5.00. The van der Waals surface area contributed by atoms with Crippen molar-refractivity contribution in [3.05, 3.63) is 34.7 Å². The van der Waals surface area contributed by atoms with Crippen LogP contribution < -0.4 is 11.4 Å². The number of aromatic amines is 1. The smallest absolute Gasteiger partial charge is 0.326 e. The minimum atomic E-state index is -0.0559. The molecule has 0 radical (unpaired) electrons. The van der Waals surface area contributed by atoms with Crippen LogP contribution in [0.1, 0.15) is 6.42 Å². The molecule has 2 aromatic rings. The molecule has 82 valence electrons. The Morgan fingerprint density at radius 2 is 2.07 bits per heavy atom. The molecule has 0 bridgehead atoms. The van der Waals surface area contributed by atoms with Crippen molar-refractivity contribution >= 4 is 23.4 Å². The van der Waals surface area contributed by atoms with E-state index in [-0.39, 0.29) is 18.1 Å². The topological polar surface area (TPSA) is 63.8 Å². The van der Waals surface area contributed by atoms with Crippen LogP contribution in [0.25, 0.3) is 11.0 Å². The van der Waals surface area contributed by atoms with Crippen molar-refractivity contribution < 1.29 is 0 Å². The van der Waals surface area contributed by atoms with E-state index in [0.717, 1.165) is 17.5 Å². The Kier molecular flexibility index (Phi) is 3.94. The molecule has 0 spiro atoms. The summed E-state index contributed by atoms with van der Waals surface area (Å²) in [6.07, 6.45) is 0.821. The first-order chi connectivity index (χ1) is 6.83. The number of para-hydroxylation sites is 2. The number of aromatic nitrogens is 2. The van der Waals surface area contributed by atoms with Crippen LogP contribution in [0.5, 0.6) is 0 Å². The molecule has 0 fully saturated rings. The van der Waals surface area contributed by atoms with Crippen LogP contribution in [0, 0.1) is 0 Å². The maximum absolute atomic E-state index is 11.5. The third-order valence-corrected chi connectivity index (χ3v) is 2.27. The highest BCUT2D eigenvalue weighted by atomic mass is 35.5. The molecule has 1 heterocycles. The SMILES string of the molecule is Cl.NCCCn1c(=O)[nH]c2ccccc21. The average molecular weight is 228 g/mol. The summed E-state index contributed by atoms with van der Waals surface area (Å²) < 4.78 is 1.72. The highest BCUT2D eigenvalue weighted by Crippen LogP contribution is 2.08. The van der Waals surface area contributed by atoms with Crippen LogP contribution in [-0.2, 0) is 6.54 Å². The Labute approximate surface area is 93.5 Å². The number of nitrogens with zero attached hydrogens (tertiary/aromatic N) is 1. The standard InChI is InChI=1S/C10H13N3O.ClH/c11-6-3-7-13-9-5-2-1-4-8(9)12-10(13)14;/h1-2,4-5H,3,6-7,11H2,(H,12,14);1H. The second-order valence-corrected chi connectivity index (χ2v) is 3.24. The predicted molar refractivity (Wildman–Crippen MR) is 63.5 cm³/mol. The molecule has 0 atom stereocenters. The number of benzene rings is 1. The number of nitrogens with one attached hydrogen (secondary N) is 1. The van der Waals surface area contributed by atoms with E-state index < -0.39 is 0 Å². The predicted octanol–water partition coefficient (Wildman–Crippen LogP) is 1.10. The number of imidazole rings is 1. The third-order valence-electron chi connectivity index (χ3n) is 2.27. The summed E-state index contributed by atoms with van der Waals surface area (Å²) in [5.74, 6) is 0. The molecule has 3 N–H and O–H groups in total. The lowest BCUT2D eigenvalue weighted by Gasteiger charge is -2.00. The van der Waals surface area contributed by atoms with Crippen molar-refractivity contribution in [2.75, 3.05) is 6.54 Å². The van der Waals surface area contributed by atoms with Crippen LogP contribution in [0.3, 0.4) is 0 Å². The summed E-state index contributed by atoms with van der Waals surface area (Å²) in [5.41, 5.74) is 7.19. The van der Waals surface area contributed by atoms with Gasteiger partial charge in [-0.15, -0.1) is 12.4 Å². The molecule has 0 aliphatic carbocycles. The van der Waals surface area contributed by atoms with E-state index in [0.29, 0.717) is 13.1 Å². The summed E-state index contributed by atoms with van der Waals surface area (Å²) in [7, 11) is 0. The molecule has 0 aliphatic heterocycles. The molecule has 0 saturated heterocycles. The van der Waals surface area contributed by atoms with Gasteiger partial charge < -0.3 is 10.7 Å². The molecule has 4 nitrogen and oxygen atoms in total. The third kappa shape index (κ3) is 2.22. The van der Waals surface area contributed by atoms with Crippen LogP contribution in [0.4, 0.5) is 0 Å². The first-order valence-corrected chi connectivity index (χ1v) is 4.70. The van der Waals surface area contributed by atoms with E-state index in [9.17, 15) is 4.79 Å². The van der Waals surface area contributed by atoms with E-state index >= 15 is 0 Å². The quantitative estimate of drug-likeness (QED) is 0.825. The van der Waals surface area contributed by atoms with Crippen molar-refractivity contribution in [2.45, 2.75) is 13.0 Å². The van der Waals surface area contributed by atoms with E-state index in [1.165, 1.54) is 0 Å². The number of fused-ring (bicyclic) bond motifs is 1. The molecule has 1 aromatic carbocycles. The van der Waals surface area contributed by atoms with Gasteiger partial charge in [-0.2, -0.15) is 0 Å². The van der Waals surface area contributed by atoms with Crippen molar-refractivity contribution in [3.63, 3.8) is 0 Å². The van der Waals surface area contributed by atoms with Gasteiger partial charge in [0, 0.05) is 6.54 Å². The minimum absolute atomic E-state index is 0. The van der Waals surface area contributed by atoms with Crippen LogP contribution in [0.15, 0.2) is 29.1 Å². The molecule has 0 unspecified atom stereocenters. The number of nitrogens with two attached hydrogens (primary N) is 1. The maximum Gasteiger partial charge on any atom is 0.326 e. The maximum atomic E-state index is 11.5. The van der Waals surface area contributed by atoms with Gasteiger partial charge in [0.05, 0.1) is 11.0 Å². The van der Waals surface area contributed by atoms with E-state index in [1.54, 1.807) is 4.57 Å². The second-order valence-electron chi connectivity index (χ2n) is 3.24. The Morgan fingerprint density at radius 1 is 1.33 bits per heavy atom. The van der Waals surface area contributed by atoms with Gasteiger partial charge in [0.2, 0.25) is 0 Å². The lowest BCUT2D eigenvalue weighted by molar-refractivity contribution is 0.647. The van der Waals surface area contributed by atoms with Crippen molar-refractivity contribution in [1.82, 2.24) is 9.55 Å². The summed E-state index contributed by atoms with van der Waals surface area (Å²) in [6.45, 7) is 1.28. The average Bonchev–Trinajstić information content (AvgIpc) is 2.51. The fraction of sp³-hybridized carbons (Fsp3) is 0.300. The summed E-state index contributed by atoms with van der Waals surface area (Å²) in [4.78, 5) is 14.3. The number of hydrogen-bond donors (Lipinski definition) is 2. The lowest BCUT2D eigenvalue weighted by Crippen LogP contribution is -2.18. The molecule has 15 heavy (non-hydrogen) atoms. The Morgan fingerprint density at radius 3 is 2.80 bits per heavy atom. The molecule has 5 heteroatoms. The van der Waals surface area contributed by atoms with Gasteiger partial charge >= 0.3 is 5.69 Å². The van der Waals surface area contributed by atoms with Crippen molar-refractivity contribution in [1.29, 1.82) is 0 Å². The summed E-state index contributed by atoms with van der Waals surface area (Å²) in [5, 5.41) is 0. The van der Waals surface area contributed by atoms with Gasteiger partial charge in [-0.25, -0.2) is 4.79 Å². The molecule has 0 saturated carbocycles. The molecular weight excluding hydrogens is 214 g/mol. The molecule has 2 rings (SSSR count). The van der Waals surface area contributed by atoms with E-state index in [1.807, 2.05) is 24.3 Å².